The van der Waals surface area contributed by atoms with Crippen molar-refractivity contribution in [2.24, 2.45) is 0 Å². The number of carbonyl (C=O) groups excluding carboxylic acids is 1. The van der Waals surface area contributed by atoms with Crippen molar-refractivity contribution in [3.05, 3.63) is 46.4 Å². The molecule has 0 N–H and O–H groups in total. The molecule has 0 unspecified atom stereocenters. The number of hydrogen-bond donors (Lipinski definition) is 0. The zero-order valence-corrected chi connectivity index (χ0v) is 16.8. The Labute approximate surface area is 162 Å². The first-order chi connectivity index (χ1) is 12.6. The smallest absolute Gasteiger partial charge is 0.255 e. The summed E-state index contributed by atoms with van der Waals surface area (Å²) in [4.78, 5) is 18.9. The Hall–Kier alpha value is -2.15. The third-order valence-corrected chi connectivity index (χ3v) is 5.41. The summed E-state index contributed by atoms with van der Waals surface area (Å²) in [6.07, 6.45) is 0. The lowest BCUT2D eigenvalue weighted by Gasteiger charge is -2.35. The molecule has 1 fully saturated rings. The van der Waals surface area contributed by atoms with Gasteiger partial charge in [0.15, 0.2) is 11.6 Å². The fraction of sp³-hybridized carbons (Fsp3) is 0.421. The van der Waals surface area contributed by atoms with Crippen molar-refractivity contribution < 1.29 is 4.79 Å². The van der Waals surface area contributed by atoms with Crippen LogP contribution in [-0.4, -0.2) is 60.3 Å². The third kappa shape index (κ3) is 3.98. The van der Waals surface area contributed by atoms with Crippen LogP contribution >= 0.6 is 15.9 Å². The Bertz CT molecular complexity index is 740. The Kier molecular flexibility index (Phi) is 6.08. The maximum absolute atomic E-state index is 12.7. The van der Waals surface area contributed by atoms with E-state index in [1.54, 1.807) is 0 Å². The van der Waals surface area contributed by atoms with Gasteiger partial charge in [0, 0.05) is 43.7 Å². The van der Waals surface area contributed by atoms with E-state index in [9.17, 15) is 4.79 Å². The van der Waals surface area contributed by atoms with Gasteiger partial charge in [0.1, 0.15) is 0 Å². The van der Waals surface area contributed by atoms with E-state index < -0.39 is 0 Å². The van der Waals surface area contributed by atoms with Gasteiger partial charge in [-0.2, -0.15) is 0 Å². The Morgan fingerprint density at radius 3 is 2.31 bits per heavy atom. The highest BCUT2D eigenvalue weighted by molar-refractivity contribution is 9.10. The average Bonchev–Trinajstić information content (AvgIpc) is 2.69. The molecule has 1 aromatic heterocycles. The summed E-state index contributed by atoms with van der Waals surface area (Å²) in [6, 6.07) is 11.6. The molecule has 7 heteroatoms. The molecule has 138 valence electrons. The van der Waals surface area contributed by atoms with Crippen LogP contribution in [-0.2, 0) is 0 Å². The normalized spacial score (nSPS) is 14.4. The van der Waals surface area contributed by atoms with Crippen molar-refractivity contribution in [2.45, 2.75) is 13.8 Å². The number of aromatic nitrogens is 2. The summed E-state index contributed by atoms with van der Waals surface area (Å²) >= 11 is 3.46. The van der Waals surface area contributed by atoms with Crippen molar-refractivity contribution in [3.8, 4) is 0 Å². The van der Waals surface area contributed by atoms with Gasteiger partial charge in [-0.05, 0) is 54.0 Å². The molecular weight excluding hydrogens is 394 g/mol. The Morgan fingerprint density at radius 2 is 1.73 bits per heavy atom. The fourth-order valence-electron chi connectivity index (χ4n) is 3.15. The molecule has 2 aromatic rings. The molecule has 2 heterocycles. The summed E-state index contributed by atoms with van der Waals surface area (Å²) < 4.78 is 0.838. The number of nitrogens with zero attached hydrogens (tertiary/aromatic N) is 5. The minimum absolute atomic E-state index is 0.0695. The molecular formula is C19H24BrN5O. The van der Waals surface area contributed by atoms with E-state index in [1.807, 2.05) is 41.3 Å². The van der Waals surface area contributed by atoms with Crippen molar-refractivity contribution in [3.63, 3.8) is 0 Å². The molecule has 1 amide bonds. The van der Waals surface area contributed by atoms with Crippen molar-refractivity contribution in [2.75, 3.05) is 49.1 Å². The lowest BCUT2D eigenvalue weighted by molar-refractivity contribution is 0.0745. The van der Waals surface area contributed by atoms with Crippen LogP contribution in [0.4, 0.5) is 11.6 Å². The van der Waals surface area contributed by atoms with Crippen LogP contribution in [0.5, 0.6) is 0 Å². The number of halogens is 1. The van der Waals surface area contributed by atoms with Crippen LogP contribution in [0.25, 0.3) is 0 Å². The van der Waals surface area contributed by atoms with E-state index in [2.05, 4.69) is 49.8 Å². The van der Waals surface area contributed by atoms with Gasteiger partial charge >= 0.3 is 0 Å². The van der Waals surface area contributed by atoms with Gasteiger partial charge in [-0.15, -0.1) is 10.2 Å². The van der Waals surface area contributed by atoms with E-state index >= 15 is 0 Å². The zero-order chi connectivity index (χ0) is 18.5. The lowest BCUT2D eigenvalue weighted by Crippen LogP contribution is -2.49. The molecule has 0 bridgehead atoms. The van der Waals surface area contributed by atoms with Gasteiger partial charge in [0.2, 0.25) is 0 Å². The number of piperazine rings is 1. The van der Waals surface area contributed by atoms with Crippen LogP contribution in [0.1, 0.15) is 24.2 Å². The van der Waals surface area contributed by atoms with Gasteiger partial charge < -0.3 is 14.7 Å². The largest absolute Gasteiger partial charge is 0.356 e. The third-order valence-electron chi connectivity index (χ3n) is 4.72. The maximum atomic E-state index is 12.7. The molecule has 1 saturated heterocycles. The highest BCUT2D eigenvalue weighted by Crippen LogP contribution is 2.20. The number of carbonyl (C=O) groups is 1. The first-order valence-electron chi connectivity index (χ1n) is 9.01. The average molecular weight is 418 g/mol. The molecule has 3 rings (SSSR count). The molecule has 6 nitrogen and oxygen atoms in total. The maximum Gasteiger partial charge on any atom is 0.255 e. The summed E-state index contributed by atoms with van der Waals surface area (Å²) in [7, 11) is 0. The number of rotatable bonds is 5. The van der Waals surface area contributed by atoms with E-state index in [-0.39, 0.29) is 5.91 Å². The van der Waals surface area contributed by atoms with Crippen molar-refractivity contribution in [1.29, 1.82) is 0 Å². The molecule has 0 spiro atoms. The number of amides is 1. The molecule has 1 aromatic carbocycles. The first kappa shape index (κ1) is 18.6. The van der Waals surface area contributed by atoms with Crippen LogP contribution < -0.4 is 9.80 Å². The Balaban J connectivity index is 1.62. The summed E-state index contributed by atoms with van der Waals surface area (Å²) in [5, 5.41) is 8.74. The summed E-state index contributed by atoms with van der Waals surface area (Å²) in [5.41, 5.74) is 0.712. The topological polar surface area (TPSA) is 52.6 Å². The van der Waals surface area contributed by atoms with E-state index in [0.717, 1.165) is 42.3 Å². The van der Waals surface area contributed by atoms with Crippen molar-refractivity contribution in [1.82, 2.24) is 15.1 Å². The SMILES string of the molecule is CCN(CC)c1ccc(N2CCN(C(=O)c3ccccc3Br)CC2)nn1. The van der Waals surface area contributed by atoms with E-state index in [4.69, 9.17) is 0 Å². The zero-order valence-electron chi connectivity index (χ0n) is 15.2. The molecule has 1 aliphatic rings. The van der Waals surface area contributed by atoms with E-state index in [1.165, 1.54) is 0 Å². The number of benzene rings is 1. The van der Waals surface area contributed by atoms with Gasteiger partial charge in [-0.3, -0.25) is 4.79 Å². The molecule has 0 atom stereocenters. The van der Waals surface area contributed by atoms with Crippen molar-refractivity contribution >= 4 is 33.5 Å². The first-order valence-corrected chi connectivity index (χ1v) is 9.80. The monoisotopic (exact) mass is 417 g/mol. The van der Waals surface area contributed by atoms with E-state index in [0.29, 0.717) is 18.7 Å². The second-order valence-electron chi connectivity index (χ2n) is 6.18. The highest BCUT2D eigenvalue weighted by atomic mass is 79.9. The molecule has 0 radical (unpaired) electrons. The van der Waals surface area contributed by atoms with Crippen LogP contribution in [0, 0.1) is 0 Å². The minimum atomic E-state index is 0.0695. The number of hydrogen-bond acceptors (Lipinski definition) is 5. The summed E-state index contributed by atoms with van der Waals surface area (Å²) in [5.74, 6) is 1.84. The summed E-state index contributed by atoms with van der Waals surface area (Å²) in [6.45, 7) is 8.94. The van der Waals surface area contributed by atoms with Gasteiger partial charge in [0.05, 0.1) is 5.56 Å². The van der Waals surface area contributed by atoms with Crippen LogP contribution in [0.15, 0.2) is 40.9 Å². The molecule has 1 aliphatic heterocycles. The second kappa shape index (κ2) is 8.49. The molecule has 0 saturated carbocycles. The second-order valence-corrected chi connectivity index (χ2v) is 7.04. The molecule has 0 aliphatic carbocycles. The van der Waals surface area contributed by atoms with Crippen LogP contribution in [0.3, 0.4) is 0 Å². The van der Waals surface area contributed by atoms with Gasteiger partial charge in [-0.25, -0.2) is 0 Å². The Morgan fingerprint density at radius 1 is 1.04 bits per heavy atom. The van der Waals surface area contributed by atoms with Gasteiger partial charge in [-0.1, -0.05) is 12.1 Å². The lowest BCUT2D eigenvalue weighted by atomic mass is 10.2. The predicted octanol–water partition coefficient (Wildman–Crippen LogP) is 3.05. The number of anilines is 2. The fourth-order valence-corrected chi connectivity index (χ4v) is 3.60. The quantitative estimate of drug-likeness (QED) is 0.747. The molecule has 26 heavy (non-hydrogen) atoms. The predicted molar refractivity (Wildman–Crippen MR) is 108 cm³/mol. The minimum Gasteiger partial charge on any atom is -0.356 e. The highest BCUT2D eigenvalue weighted by Gasteiger charge is 2.24. The standard InChI is InChI=1S/C19H24BrN5O/c1-3-23(4-2)17-9-10-18(22-21-17)24-11-13-25(14-12-24)19(26)15-7-5-6-8-16(15)20/h5-10H,3-4,11-14H2,1-2H3. The van der Waals surface area contributed by atoms with Gasteiger partial charge in [0.25, 0.3) is 5.91 Å². The van der Waals surface area contributed by atoms with Crippen LogP contribution in [0.2, 0.25) is 0 Å².